The van der Waals surface area contributed by atoms with Gasteiger partial charge in [0.25, 0.3) is 0 Å². The second kappa shape index (κ2) is 7.11. The Bertz CT molecular complexity index is 596. The number of aromatic nitrogens is 2. The molecule has 0 bridgehead atoms. The normalized spacial score (nSPS) is 12.5. The fourth-order valence-corrected chi connectivity index (χ4v) is 1.72. The van der Waals surface area contributed by atoms with Gasteiger partial charge in [-0.2, -0.15) is 0 Å². The van der Waals surface area contributed by atoms with E-state index in [-0.39, 0.29) is 5.41 Å². The lowest BCUT2D eigenvalue weighted by Gasteiger charge is -2.13. The Hall–Kier alpha value is -2.31. The lowest BCUT2D eigenvalue weighted by atomic mass is 9.94. The second-order valence-electron chi connectivity index (χ2n) is 5.91. The topological polar surface area (TPSA) is 88.5 Å². The molecule has 0 aliphatic carbocycles. The Morgan fingerprint density at radius 2 is 2.14 bits per heavy atom. The molecule has 0 atom stereocenters. The zero-order valence-corrected chi connectivity index (χ0v) is 13.5. The van der Waals surface area contributed by atoms with E-state index in [9.17, 15) is 0 Å². The van der Waals surface area contributed by atoms with Gasteiger partial charge in [-0.15, -0.1) is 0 Å². The number of aliphatic imine (C=N–C) groups is 1. The molecule has 2 rings (SSSR count). The maximum absolute atomic E-state index is 5.74. The molecular weight excluding hydrogens is 282 g/mol. The van der Waals surface area contributed by atoms with Crippen LogP contribution in [0.3, 0.4) is 0 Å². The Morgan fingerprint density at radius 1 is 1.32 bits per heavy atom. The number of hydrogen-bond acceptors (Lipinski definition) is 5. The number of rotatable bonds is 5. The summed E-state index contributed by atoms with van der Waals surface area (Å²) in [6.45, 7) is 9.97. The largest absolute Gasteiger partial charge is 0.443 e. The highest BCUT2D eigenvalue weighted by molar-refractivity contribution is 5.79. The van der Waals surface area contributed by atoms with Crippen LogP contribution in [0.15, 0.2) is 32.5 Å². The third-order valence-electron chi connectivity index (χ3n) is 2.93. The van der Waals surface area contributed by atoms with Gasteiger partial charge in [0.1, 0.15) is 17.7 Å². The molecule has 0 radical (unpaired) electrons. The molecule has 0 amide bonds. The first-order valence-electron chi connectivity index (χ1n) is 7.35. The van der Waals surface area contributed by atoms with Crippen molar-refractivity contribution in [3.05, 3.63) is 35.9 Å². The first-order valence-corrected chi connectivity index (χ1v) is 7.35. The van der Waals surface area contributed by atoms with Crippen LogP contribution in [0.2, 0.25) is 0 Å². The summed E-state index contributed by atoms with van der Waals surface area (Å²) in [6, 6.07) is 1.79. The van der Waals surface area contributed by atoms with Gasteiger partial charge in [0, 0.05) is 18.0 Å². The predicted octanol–water partition coefficient (Wildman–Crippen LogP) is 2.22. The molecule has 7 heteroatoms. The lowest BCUT2D eigenvalue weighted by Crippen LogP contribution is -2.36. The van der Waals surface area contributed by atoms with Crippen LogP contribution in [-0.2, 0) is 18.5 Å². The van der Waals surface area contributed by atoms with Crippen molar-refractivity contribution in [2.24, 2.45) is 4.99 Å². The van der Waals surface area contributed by atoms with Crippen LogP contribution in [0.4, 0.5) is 0 Å². The van der Waals surface area contributed by atoms with E-state index in [1.165, 1.54) is 6.26 Å². The van der Waals surface area contributed by atoms with E-state index >= 15 is 0 Å². The minimum absolute atomic E-state index is 0.0449. The van der Waals surface area contributed by atoms with Crippen molar-refractivity contribution in [1.82, 2.24) is 20.8 Å². The molecule has 22 heavy (non-hydrogen) atoms. The summed E-state index contributed by atoms with van der Waals surface area (Å²) in [4.78, 5) is 8.71. The third kappa shape index (κ3) is 4.61. The number of guanidine groups is 1. The Labute approximate surface area is 130 Å². The molecule has 120 valence electrons. The maximum Gasteiger partial charge on any atom is 0.213 e. The van der Waals surface area contributed by atoms with E-state index in [0.717, 1.165) is 18.0 Å². The molecule has 0 aliphatic heterocycles. The van der Waals surface area contributed by atoms with Crippen LogP contribution >= 0.6 is 0 Å². The minimum Gasteiger partial charge on any atom is -0.443 e. The monoisotopic (exact) mass is 305 g/mol. The summed E-state index contributed by atoms with van der Waals surface area (Å²) in [5.41, 5.74) is 0.736. The van der Waals surface area contributed by atoms with Crippen LogP contribution < -0.4 is 10.6 Å². The molecule has 0 spiro atoms. The summed E-state index contributed by atoms with van der Waals surface area (Å²) in [5, 5.41) is 10.2. The van der Waals surface area contributed by atoms with Gasteiger partial charge in [0.2, 0.25) is 5.89 Å². The van der Waals surface area contributed by atoms with E-state index < -0.39 is 0 Å². The first-order chi connectivity index (χ1) is 10.5. The van der Waals surface area contributed by atoms with Crippen molar-refractivity contribution >= 4 is 5.96 Å². The Kier molecular flexibility index (Phi) is 5.19. The molecule has 2 aromatic heterocycles. The molecule has 7 nitrogen and oxygen atoms in total. The standard InChI is InChI=1S/C15H23N5O2/c1-5-16-14(18-8-11-6-7-21-20-11)19-10-13-17-9-12(22-13)15(2,3)4/h6-7,9H,5,8,10H2,1-4H3,(H2,16,18,19). The lowest BCUT2D eigenvalue weighted by molar-refractivity contribution is 0.379. The maximum atomic E-state index is 5.74. The molecule has 2 aromatic rings. The molecule has 0 aliphatic rings. The van der Waals surface area contributed by atoms with Crippen molar-refractivity contribution in [3.8, 4) is 0 Å². The zero-order valence-electron chi connectivity index (χ0n) is 13.5. The number of hydrogen-bond donors (Lipinski definition) is 2. The van der Waals surface area contributed by atoms with Crippen LogP contribution in [-0.4, -0.2) is 22.6 Å². The molecule has 2 heterocycles. The summed E-state index contributed by atoms with van der Waals surface area (Å²) >= 11 is 0. The predicted molar refractivity (Wildman–Crippen MR) is 83.4 cm³/mol. The van der Waals surface area contributed by atoms with Gasteiger partial charge in [-0.05, 0) is 6.92 Å². The second-order valence-corrected chi connectivity index (χ2v) is 5.91. The SMILES string of the molecule is CCNC(=NCc1ccon1)NCc1ncc(C(C)(C)C)o1. The van der Waals surface area contributed by atoms with Crippen molar-refractivity contribution in [1.29, 1.82) is 0 Å². The van der Waals surface area contributed by atoms with Crippen LogP contribution in [0.25, 0.3) is 0 Å². The number of oxazole rings is 1. The molecular formula is C15H23N5O2. The van der Waals surface area contributed by atoms with Crippen LogP contribution in [0.5, 0.6) is 0 Å². The fourth-order valence-electron chi connectivity index (χ4n) is 1.72. The Balaban J connectivity index is 1.93. The first kappa shape index (κ1) is 16.1. The number of nitrogens with one attached hydrogen (secondary N) is 2. The highest BCUT2D eigenvalue weighted by Crippen LogP contribution is 2.22. The molecule has 0 saturated heterocycles. The van der Waals surface area contributed by atoms with Gasteiger partial charge < -0.3 is 19.6 Å². The Morgan fingerprint density at radius 3 is 2.73 bits per heavy atom. The van der Waals surface area contributed by atoms with Crippen LogP contribution in [0.1, 0.15) is 45.0 Å². The summed E-state index contributed by atoms with van der Waals surface area (Å²) in [5.74, 6) is 2.19. The van der Waals surface area contributed by atoms with Gasteiger partial charge in [0.15, 0.2) is 5.96 Å². The van der Waals surface area contributed by atoms with Gasteiger partial charge in [-0.1, -0.05) is 25.9 Å². The summed E-state index contributed by atoms with van der Waals surface area (Å²) < 4.78 is 10.5. The molecule has 0 saturated carbocycles. The van der Waals surface area contributed by atoms with Crippen molar-refractivity contribution in [2.75, 3.05) is 6.54 Å². The van der Waals surface area contributed by atoms with Gasteiger partial charge >= 0.3 is 0 Å². The average Bonchev–Trinajstić information content (AvgIpc) is 3.12. The van der Waals surface area contributed by atoms with Crippen molar-refractivity contribution in [2.45, 2.75) is 46.2 Å². The van der Waals surface area contributed by atoms with Gasteiger partial charge in [-0.3, -0.25) is 0 Å². The quantitative estimate of drug-likeness (QED) is 0.650. The summed E-state index contributed by atoms with van der Waals surface area (Å²) in [6.07, 6.45) is 3.31. The highest BCUT2D eigenvalue weighted by Gasteiger charge is 2.19. The van der Waals surface area contributed by atoms with E-state index in [4.69, 9.17) is 8.94 Å². The fraction of sp³-hybridized carbons (Fsp3) is 0.533. The van der Waals surface area contributed by atoms with Crippen molar-refractivity contribution in [3.63, 3.8) is 0 Å². The van der Waals surface area contributed by atoms with E-state index in [0.29, 0.717) is 24.9 Å². The molecule has 2 N–H and O–H groups in total. The van der Waals surface area contributed by atoms with E-state index in [1.807, 2.05) is 6.92 Å². The van der Waals surface area contributed by atoms with E-state index in [1.54, 1.807) is 12.3 Å². The van der Waals surface area contributed by atoms with Crippen LogP contribution in [0, 0.1) is 0 Å². The zero-order chi connectivity index (χ0) is 16.0. The van der Waals surface area contributed by atoms with Gasteiger partial charge in [-0.25, -0.2) is 9.98 Å². The molecule has 0 fully saturated rings. The molecule has 0 unspecified atom stereocenters. The third-order valence-corrected chi connectivity index (χ3v) is 2.93. The summed E-state index contributed by atoms with van der Waals surface area (Å²) in [7, 11) is 0. The van der Waals surface area contributed by atoms with Crippen molar-refractivity contribution < 1.29 is 8.94 Å². The number of nitrogens with zero attached hydrogens (tertiary/aromatic N) is 3. The highest BCUT2D eigenvalue weighted by atomic mass is 16.5. The van der Waals surface area contributed by atoms with Gasteiger partial charge in [0.05, 0.1) is 19.3 Å². The minimum atomic E-state index is -0.0449. The molecule has 0 aromatic carbocycles. The average molecular weight is 305 g/mol. The smallest absolute Gasteiger partial charge is 0.213 e. The van der Waals surface area contributed by atoms with E-state index in [2.05, 4.69) is 46.5 Å².